The summed E-state index contributed by atoms with van der Waals surface area (Å²) in [6.07, 6.45) is 5.60. The summed E-state index contributed by atoms with van der Waals surface area (Å²) in [5.41, 5.74) is 2.47. The van der Waals surface area contributed by atoms with Gasteiger partial charge in [-0.2, -0.15) is 0 Å². The summed E-state index contributed by atoms with van der Waals surface area (Å²) < 4.78 is 0. The van der Waals surface area contributed by atoms with Crippen LogP contribution >= 0.6 is 0 Å². The number of aryl methyl sites for hydroxylation is 1. The van der Waals surface area contributed by atoms with Crippen molar-refractivity contribution in [2.75, 3.05) is 6.54 Å². The zero-order valence-corrected chi connectivity index (χ0v) is 13.2. The van der Waals surface area contributed by atoms with E-state index in [9.17, 15) is 5.11 Å². The molecule has 20 heavy (non-hydrogen) atoms. The second-order valence-electron chi connectivity index (χ2n) is 6.29. The maximum Gasteiger partial charge on any atom is 0.0948 e. The number of hydrogen-bond donors (Lipinski definition) is 1. The average molecular weight is 275 g/mol. The molecule has 0 spiro atoms. The first-order chi connectivity index (χ1) is 9.65. The highest BCUT2D eigenvalue weighted by molar-refractivity contribution is 5.32. The molecule has 1 aliphatic rings. The Hall–Kier alpha value is -0.860. The number of unbranched alkanes of at least 4 members (excludes halogenated alkanes) is 2. The van der Waals surface area contributed by atoms with Crippen LogP contribution in [0.25, 0.3) is 0 Å². The molecule has 112 valence electrons. The first-order valence-corrected chi connectivity index (χ1v) is 8.16. The van der Waals surface area contributed by atoms with Crippen molar-refractivity contribution >= 4 is 0 Å². The highest BCUT2D eigenvalue weighted by Crippen LogP contribution is 2.33. The van der Waals surface area contributed by atoms with Crippen LogP contribution in [0.5, 0.6) is 0 Å². The minimum absolute atomic E-state index is 0.279. The van der Waals surface area contributed by atoms with Gasteiger partial charge in [0.2, 0.25) is 0 Å². The zero-order chi connectivity index (χ0) is 14.5. The van der Waals surface area contributed by atoms with Crippen molar-refractivity contribution < 1.29 is 5.11 Å². The van der Waals surface area contributed by atoms with Gasteiger partial charge in [-0.05, 0) is 50.8 Å². The summed E-state index contributed by atoms with van der Waals surface area (Å²) in [5.74, 6) is 0. The fourth-order valence-corrected chi connectivity index (χ4v) is 3.42. The van der Waals surface area contributed by atoms with Crippen molar-refractivity contribution in [1.29, 1.82) is 0 Å². The van der Waals surface area contributed by atoms with Gasteiger partial charge < -0.3 is 5.11 Å². The Labute approximate surface area is 123 Å². The molecule has 0 fully saturated rings. The van der Waals surface area contributed by atoms with Crippen molar-refractivity contribution in [3.8, 4) is 0 Å². The number of rotatable bonds is 6. The fourth-order valence-electron chi connectivity index (χ4n) is 3.42. The molecule has 0 aromatic heterocycles. The van der Waals surface area contributed by atoms with Gasteiger partial charge in [-0.3, -0.25) is 4.90 Å². The molecule has 1 N–H and O–H groups in total. The van der Waals surface area contributed by atoms with Crippen LogP contribution in [0.3, 0.4) is 0 Å². The Bertz CT molecular complexity index is 416. The molecule has 0 aliphatic heterocycles. The minimum atomic E-state index is -0.330. The summed E-state index contributed by atoms with van der Waals surface area (Å²) in [5, 5.41) is 10.8. The average Bonchev–Trinajstić information content (AvgIpc) is 2.45. The number of aliphatic hydroxyl groups is 1. The van der Waals surface area contributed by atoms with Crippen LogP contribution in [0.4, 0.5) is 0 Å². The number of aliphatic hydroxyl groups excluding tert-OH is 1. The first-order valence-electron chi connectivity index (χ1n) is 8.16. The Balaban J connectivity index is 2.10. The molecular weight excluding hydrogens is 246 g/mol. The van der Waals surface area contributed by atoms with Gasteiger partial charge in [-0.1, -0.05) is 44.0 Å². The van der Waals surface area contributed by atoms with E-state index in [1.165, 1.54) is 24.8 Å². The largest absolute Gasteiger partial charge is 0.387 e. The van der Waals surface area contributed by atoms with E-state index in [0.29, 0.717) is 6.04 Å². The fraction of sp³-hybridized carbons (Fsp3) is 0.667. The maximum atomic E-state index is 10.8. The highest BCUT2D eigenvalue weighted by Gasteiger charge is 2.32. The van der Waals surface area contributed by atoms with E-state index in [1.54, 1.807) is 0 Å². The lowest BCUT2D eigenvalue weighted by Gasteiger charge is -2.41. The molecule has 1 aromatic rings. The van der Waals surface area contributed by atoms with Crippen molar-refractivity contribution in [3.63, 3.8) is 0 Å². The molecule has 0 amide bonds. The monoisotopic (exact) mass is 275 g/mol. The molecule has 1 aliphatic carbocycles. The standard InChI is InChI=1S/C18H29NO/c1-4-5-8-13-19(14(2)3)17-12-11-15-9-6-7-10-16(15)18(17)20/h6-7,9-10,14,17-18,20H,4-5,8,11-13H2,1-3H3. The van der Waals surface area contributed by atoms with Gasteiger partial charge in [0, 0.05) is 12.1 Å². The second kappa shape index (κ2) is 7.24. The number of hydrogen-bond acceptors (Lipinski definition) is 2. The van der Waals surface area contributed by atoms with E-state index in [4.69, 9.17) is 0 Å². The Morgan fingerprint density at radius 3 is 2.70 bits per heavy atom. The van der Waals surface area contributed by atoms with Gasteiger partial charge in [0.05, 0.1) is 6.10 Å². The Morgan fingerprint density at radius 2 is 2.00 bits per heavy atom. The van der Waals surface area contributed by atoms with E-state index >= 15 is 0 Å². The van der Waals surface area contributed by atoms with Crippen LogP contribution in [-0.2, 0) is 6.42 Å². The predicted molar refractivity (Wildman–Crippen MR) is 84.9 cm³/mol. The van der Waals surface area contributed by atoms with E-state index in [1.807, 2.05) is 6.07 Å². The second-order valence-corrected chi connectivity index (χ2v) is 6.29. The third kappa shape index (κ3) is 3.42. The SMILES string of the molecule is CCCCCN(C(C)C)C1CCc2ccccc2C1O. The first kappa shape index (κ1) is 15.5. The van der Waals surface area contributed by atoms with Crippen molar-refractivity contribution in [1.82, 2.24) is 4.90 Å². The molecule has 1 aromatic carbocycles. The topological polar surface area (TPSA) is 23.5 Å². The normalized spacial score (nSPS) is 22.3. The predicted octanol–water partition coefficient (Wildman–Crippen LogP) is 3.94. The van der Waals surface area contributed by atoms with Crippen LogP contribution in [-0.4, -0.2) is 28.6 Å². The number of fused-ring (bicyclic) bond motifs is 1. The molecule has 0 saturated carbocycles. The van der Waals surface area contributed by atoms with Gasteiger partial charge in [-0.15, -0.1) is 0 Å². The molecule has 2 unspecified atom stereocenters. The molecule has 2 nitrogen and oxygen atoms in total. The summed E-state index contributed by atoms with van der Waals surface area (Å²) in [4.78, 5) is 2.51. The molecule has 0 heterocycles. The van der Waals surface area contributed by atoms with Gasteiger partial charge in [0.15, 0.2) is 0 Å². The summed E-state index contributed by atoms with van der Waals surface area (Å²) in [6, 6.07) is 9.15. The van der Waals surface area contributed by atoms with E-state index in [2.05, 4.69) is 43.9 Å². The lowest BCUT2D eigenvalue weighted by molar-refractivity contribution is 0.0183. The highest BCUT2D eigenvalue weighted by atomic mass is 16.3. The smallest absolute Gasteiger partial charge is 0.0948 e. The molecule has 0 bridgehead atoms. The lowest BCUT2D eigenvalue weighted by Crippen LogP contribution is -2.46. The van der Waals surface area contributed by atoms with E-state index < -0.39 is 0 Å². The third-order valence-corrected chi connectivity index (χ3v) is 4.56. The van der Waals surface area contributed by atoms with Gasteiger partial charge in [0.1, 0.15) is 0 Å². The van der Waals surface area contributed by atoms with Crippen LogP contribution in [0, 0.1) is 0 Å². The van der Waals surface area contributed by atoms with Crippen molar-refractivity contribution in [2.45, 2.75) is 71.1 Å². The maximum absolute atomic E-state index is 10.8. The zero-order valence-electron chi connectivity index (χ0n) is 13.2. The molecule has 2 atom stereocenters. The van der Waals surface area contributed by atoms with Crippen LogP contribution in [0.1, 0.15) is 63.7 Å². The quantitative estimate of drug-likeness (QED) is 0.795. The van der Waals surface area contributed by atoms with Crippen LogP contribution in [0.15, 0.2) is 24.3 Å². The number of benzene rings is 1. The van der Waals surface area contributed by atoms with Crippen molar-refractivity contribution in [2.24, 2.45) is 0 Å². The number of nitrogens with zero attached hydrogens (tertiary/aromatic N) is 1. The molecule has 2 rings (SSSR count). The Morgan fingerprint density at radius 1 is 1.25 bits per heavy atom. The van der Waals surface area contributed by atoms with Gasteiger partial charge >= 0.3 is 0 Å². The molecule has 0 saturated heterocycles. The summed E-state index contributed by atoms with van der Waals surface area (Å²) in [7, 11) is 0. The van der Waals surface area contributed by atoms with Crippen LogP contribution in [0.2, 0.25) is 0 Å². The van der Waals surface area contributed by atoms with Gasteiger partial charge in [-0.25, -0.2) is 0 Å². The summed E-state index contributed by atoms with van der Waals surface area (Å²) in [6.45, 7) is 7.85. The third-order valence-electron chi connectivity index (χ3n) is 4.56. The molecule has 2 heteroatoms. The molecule has 0 radical (unpaired) electrons. The van der Waals surface area contributed by atoms with E-state index in [0.717, 1.165) is 24.9 Å². The minimum Gasteiger partial charge on any atom is -0.387 e. The van der Waals surface area contributed by atoms with Crippen LogP contribution < -0.4 is 0 Å². The Kier molecular flexibility index (Phi) is 5.62. The van der Waals surface area contributed by atoms with Crippen molar-refractivity contribution in [3.05, 3.63) is 35.4 Å². The van der Waals surface area contributed by atoms with Gasteiger partial charge in [0.25, 0.3) is 0 Å². The lowest BCUT2D eigenvalue weighted by atomic mass is 9.84. The summed E-state index contributed by atoms with van der Waals surface area (Å²) >= 11 is 0. The molecular formula is C18H29NO. The van der Waals surface area contributed by atoms with E-state index in [-0.39, 0.29) is 12.1 Å².